The first-order valence-corrected chi connectivity index (χ1v) is 9.50. The second-order valence-electron chi connectivity index (χ2n) is 6.72. The third kappa shape index (κ3) is 4.14. The van der Waals surface area contributed by atoms with Crippen LogP contribution in [0.4, 0.5) is 5.82 Å². The number of nitrogens with zero attached hydrogens (tertiary/aromatic N) is 5. The number of hydrogen-bond donors (Lipinski definition) is 0. The number of carbonyl (C=O) groups is 1. The number of aromatic nitrogens is 3. The maximum absolute atomic E-state index is 12.6. The fourth-order valence-corrected chi connectivity index (χ4v) is 3.47. The SMILES string of the molecule is Cc1noc(-c2ccnc(N3CCN(C(=O)Cc4cccc(Cl)c4)CC3)c2)n1. The summed E-state index contributed by atoms with van der Waals surface area (Å²) in [5, 5.41) is 4.48. The molecule has 1 amide bonds. The van der Waals surface area contributed by atoms with E-state index in [0.29, 0.717) is 36.2 Å². The van der Waals surface area contributed by atoms with E-state index >= 15 is 0 Å². The van der Waals surface area contributed by atoms with Gasteiger partial charge in [0.25, 0.3) is 5.89 Å². The lowest BCUT2D eigenvalue weighted by molar-refractivity contribution is -0.130. The minimum absolute atomic E-state index is 0.116. The van der Waals surface area contributed by atoms with Gasteiger partial charge in [0.05, 0.1) is 6.42 Å². The number of carbonyl (C=O) groups excluding carboxylic acids is 1. The second kappa shape index (κ2) is 7.98. The molecule has 1 fully saturated rings. The molecule has 28 heavy (non-hydrogen) atoms. The summed E-state index contributed by atoms with van der Waals surface area (Å²) in [7, 11) is 0. The Morgan fingerprint density at radius 2 is 2.00 bits per heavy atom. The number of benzene rings is 1. The number of hydrogen-bond acceptors (Lipinski definition) is 6. The zero-order chi connectivity index (χ0) is 19.5. The molecule has 8 heteroatoms. The minimum Gasteiger partial charge on any atom is -0.353 e. The largest absolute Gasteiger partial charge is 0.353 e. The lowest BCUT2D eigenvalue weighted by Crippen LogP contribution is -2.49. The first-order chi connectivity index (χ1) is 13.6. The van der Waals surface area contributed by atoms with E-state index in [-0.39, 0.29) is 5.91 Å². The van der Waals surface area contributed by atoms with E-state index in [0.717, 1.165) is 30.0 Å². The Bertz CT molecular complexity index is 982. The predicted molar refractivity (Wildman–Crippen MR) is 106 cm³/mol. The molecule has 0 saturated carbocycles. The van der Waals surface area contributed by atoms with Gasteiger partial charge in [0, 0.05) is 43.0 Å². The van der Waals surface area contributed by atoms with Crippen molar-refractivity contribution in [3.05, 3.63) is 59.0 Å². The average molecular weight is 398 g/mol. The van der Waals surface area contributed by atoms with Gasteiger partial charge in [0.1, 0.15) is 5.82 Å². The minimum atomic E-state index is 0.116. The third-order valence-electron chi connectivity index (χ3n) is 4.72. The van der Waals surface area contributed by atoms with E-state index < -0.39 is 0 Å². The predicted octanol–water partition coefficient (Wildman–Crippen LogP) is 2.98. The summed E-state index contributed by atoms with van der Waals surface area (Å²) in [5.74, 6) is 2.04. The van der Waals surface area contributed by atoms with E-state index in [1.165, 1.54) is 0 Å². The molecule has 7 nitrogen and oxygen atoms in total. The normalized spacial score (nSPS) is 14.4. The highest BCUT2D eigenvalue weighted by molar-refractivity contribution is 6.30. The van der Waals surface area contributed by atoms with Crippen molar-refractivity contribution in [2.45, 2.75) is 13.3 Å². The van der Waals surface area contributed by atoms with Crippen LogP contribution in [0.5, 0.6) is 0 Å². The van der Waals surface area contributed by atoms with E-state index in [1.807, 2.05) is 41.3 Å². The van der Waals surface area contributed by atoms with E-state index in [1.54, 1.807) is 13.1 Å². The standard InChI is InChI=1S/C20H20ClN5O2/c1-14-23-20(28-24-14)16-5-6-22-18(13-16)25-7-9-26(10-8-25)19(27)12-15-3-2-4-17(21)11-15/h2-6,11,13H,7-10,12H2,1H3. The van der Waals surface area contributed by atoms with Gasteiger partial charge in [0.15, 0.2) is 5.82 Å². The Morgan fingerprint density at radius 1 is 1.18 bits per heavy atom. The topological polar surface area (TPSA) is 75.4 Å². The van der Waals surface area contributed by atoms with Crippen LogP contribution in [0, 0.1) is 6.92 Å². The third-order valence-corrected chi connectivity index (χ3v) is 4.96. The molecule has 1 aliphatic rings. The number of amides is 1. The van der Waals surface area contributed by atoms with Crippen molar-refractivity contribution in [3.63, 3.8) is 0 Å². The maximum Gasteiger partial charge on any atom is 0.258 e. The summed E-state index contributed by atoms with van der Waals surface area (Å²) >= 11 is 6.01. The van der Waals surface area contributed by atoms with Gasteiger partial charge < -0.3 is 14.3 Å². The van der Waals surface area contributed by atoms with Gasteiger partial charge in [-0.2, -0.15) is 4.98 Å². The van der Waals surface area contributed by atoms with Gasteiger partial charge in [-0.25, -0.2) is 4.98 Å². The highest BCUT2D eigenvalue weighted by Crippen LogP contribution is 2.22. The van der Waals surface area contributed by atoms with Gasteiger partial charge in [-0.15, -0.1) is 0 Å². The van der Waals surface area contributed by atoms with Crippen molar-refractivity contribution in [2.75, 3.05) is 31.1 Å². The van der Waals surface area contributed by atoms with Crippen LogP contribution in [-0.2, 0) is 11.2 Å². The second-order valence-corrected chi connectivity index (χ2v) is 7.16. The van der Waals surface area contributed by atoms with Crippen LogP contribution in [0.3, 0.4) is 0 Å². The Kier molecular flexibility index (Phi) is 5.25. The zero-order valence-corrected chi connectivity index (χ0v) is 16.3. The van der Waals surface area contributed by atoms with Crippen LogP contribution < -0.4 is 4.90 Å². The summed E-state index contributed by atoms with van der Waals surface area (Å²) in [5.41, 5.74) is 1.77. The highest BCUT2D eigenvalue weighted by atomic mass is 35.5. The van der Waals surface area contributed by atoms with Crippen molar-refractivity contribution in [1.29, 1.82) is 0 Å². The molecule has 144 valence electrons. The van der Waals surface area contributed by atoms with Crippen LogP contribution in [0.15, 0.2) is 47.1 Å². The summed E-state index contributed by atoms with van der Waals surface area (Å²) in [6.07, 6.45) is 2.10. The molecule has 0 bridgehead atoms. The van der Waals surface area contributed by atoms with E-state index in [4.69, 9.17) is 16.1 Å². The van der Waals surface area contributed by atoms with Crippen molar-refractivity contribution in [2.24, 2.45) is 0 Å². The molecule has 0 radical (unpaired) electrons. The van der Waals surface area contributed by atoms with Crippen molar-refractivity contribution in [3.8, 4) is 11.5 Å². The number of anilines is 1. The molecule has 2 aromatic heterocycles. The number of pyridine rings is 1. The summed E-state index contributed by atoms with van der Waals surface area (Å²) < 4.78 is 5.24. The fraction of sp³-hybridized carbons (Fsp3) is 0.300. The van der Waals surface area contributed by atoms with E-state index in [9.17, 15) is 4.79 Å². The first-order valence-electron chi connectivity index (χ1n) is 9.12. The molecule has 0 unspecified atom stereocenters. The van der Waals surface area contributed by atoms with Gasteiger partial charge in [0.2, 0.25) is 5.91 Å². The van der Waals surface area contributed by atoms with Gasteiger partial charge in [-0.1, -0.05) is 28.9 Å². The maximum atomic E-state index is 12.6. The van der Waals surface area contributed by atoms with Gasteiger partial charge in [-0.05, 0) is 36.8 Å². The van der Waals surface area contributed by atoms with Crippen molar-refractivity contribution in [1.82, 2.24) is 20.0 Å². The molecule has 0 atom stereocenters. The Labute approximate surface area is 167 Å². The zero-order valence-electron chi connectivity index (χ0n) is 15.5. The number of piperazine rings is 1. The van der Waals surface area contributed by atoms with Gasteiger partial charge >= 0.3 is 0 Å². The highest BCUT2D eigenvalue weighted by Gasteiger charge is 2.22. The molecule has 0 spiro atoms. The molecule has 0 N–H and O–H groups in total. The van der Waals surface area contributed by atoms with Crippen molar-refractivity contribution >= 4 is 23.3 Å². The lowest BCUT2D eigenvalue weighted by Gasteiger charge is -2.35. The van der Waals surface area contributed by atoms with Crippen LogP contribution in [0.25, 0.3) is 11.5 Å². The van der Waals surface area contributed by atoms with Crippen molar-refractivity contribution < 1.29 is 9.32 Å². The van der Waals surface area contributed by atoms with Crippen LogP contribution in [0.1, 0.15) is 11.4 Å². The van der Waals surface area contributed by atoms with Crippen LogP contribution in [-0.4, -0.2) is 52.1 Å². The molecule has 3 aromatic rings. The molecule has 0 aliphatic carbocycles. The molecule has 3 heterocycles. The Hall–Kier alpha value is -2.93. The Balaban J connectivity index is 1.38. The number of halogens is 1. The van der Waals surface area contributed by atoms with Crippen LogP contribution in [0.2, 0.25) is 5.02 Å². The summed E-state index contributed by atoms with van der Waals surface area (Å²) in [4.78, 5) is 25.4. The van der Waals surface area contributed by atoms with Crippen LogP contribution >= 0.6 is 11.6 Å². The molecule has 1 aromatic carbocycles. The number of aryl methyl sites for hydroxylation is 1. The smallest absolute Gasteiger partial charge is 0.258 e. The quantitative estimate of drug-likeness (QED) is 0.673. The molecular formula is C20H20ClN5O2. The lowest BCUT2D eigenvalue weighted by atomic mass is 10.1. The van der Waals surface area contributed by atoms with E-state index in [2.05, 4.69) is 20.0 Å². The molecule has 4 rings (SSSR count). The summed E-state index contributed by atoms with van der Waals surface area (Å²) in [6, 6.07) is 11.2. The molecular weight excluding hydrogens is 378 g/mol. The fourth-order valence-electron chi connectivity index (χ4n) is 3.26. The first kappa shape index (κ1) is 18.4. The number of rotatable bonds is 4. The van der Waals surface area contributed by atoms with Gasteiger partial charge in [-0.3, -0.25) is 4.79 Å². The molecule has 1 aliphatic heterocycles. The average Bonchev–Trinajstić information content (AvgIpc) is 3.15. The molecule has 1 saturated heterocycles. The monoisotopic (exact) mass is 397 g/mol. The Morgan fingerprint density at radius 3 is 2.71 bits per heavy atom. The summed E-state index contributed by atoms with van der Waals surface area (Å²) in [6.45, 7) is 4.55.